The Bertz CT molecular complexity index is 3260. The van der Waals surface area contributed by atoms with Crippen LogP contribution in [0.3, 0.4) is 0 Å². The highest BCUT2D eigenvalue weighted by atomic mass is 32.2. The number of hydrogen-bond donors (Lipinski definition) is 4. The van der Waals surface area contributed by atoms with Crippen molar-refractivity contribution < 1.29 is 41.2 Å². The number of hydrogen-bond acceptors (Lipinski definition) is 13. The molecule has 3 aromatic heterocycles. The number of rotatable bonds is 15. The van der Waals surface area contributed by atoms with E-state index in [0.29, 0.717) is 63.8 Å². The number of aromatic nitrogens is 3. The highest BCUT2D eigenvalue weighted by Crippen LogP contribution is 2.54. The minimum atomic E-state index is -4.73. The number of ether oxygens (including phenoxy) is 1. The number of amides is 1. The van der Waals surface area contributed by atoms with E-state index in [1.807, 2.05) is 4.72 Å². The second kappa shape index (κ2) is 21.1. The summed E-state index contributed by atoms with van der Waals surface area (Å²) >= 11 is 0. The molecular formula is C56H64F3N9O7S. The van der Waals surface area contributed by atoms with Gasteiger partial charge in [-0.25, -0.2) is 36.3 Å². The van der Waals surface area contributed by atoms with Gasteiger partial charge in [-0.3, -0.25) is 24.7 Å². The molecule has 2 aliphatic carbocycles. The molecule has 0 unspecified atom stereocenters. The van der Waals surface area contributed by atoms with Gasteiger partial charge in [-0.05, 0) is 129 Å². The van der Waals surface area contributed by atoms with Gasteiger partial charge in [-0.15, -0.1) is 0 Å². The maximum Gasteiger partial charge on any atom is 0.312 e. The summed E-state index contributed by atoms with van der Waals surface area (Å²) < 4.78 is 78.9. The van der Waals surface area contributed by atoms with Gasteiger partial charge in [0.15, 0.2) is 11.6 Å². The molecule has 2 aliphatic heterocycles. The number of benzene rings is 3. The molecule has 4 aliphatic rings. The monoisotopic (exact) mass is 1060 g/mol. The van der Waals surface area contributed by atoms with Gasteiger partial charge in [0.1, 0.15) is 27.9 Å². The molecule has 2 atom stereocenters. The molecule has 4 fully saturated rings. The molecule has 5 heterocycles. The Hall–Kier alpha value is -6.61. The minimum Gasteiger partial charge on any atom is -0.455 e. The first-order valence-electron chi connectivity index (χ1n) is 26.1. The second-order valence-corrected chi connectivity index (χ2v) is 23.8. The van der Waals surface area contributed by atoms with Crippen LogP contribution in [0.25, 0.3) is 11.0 Å². The molecule has 4 N–H and O–H groups in total. The quantitative estimate of drug-likeness (QED) is 0.0560. The van der Waals surface area contributed by atoms with Crippen molar-refractivity contribution in [3.8, 4) is 11.5 Å². The Kier molecular flexibility index (Phi) is 14.6. The highest BCUT2D eigenvalue weighted by Gasteiger charge is 2.51. The van der Waals surface area contributed by atoms with E-state index >= 15 is 0 Å². The van der Waals surface area contributed by atoms with Crippen LogP contribution in [0, 0.1) is 38.9 Å². The summed E-state index contributed by atoms with van der Waals surface area (Å²) in [6, 6.07) is 20.5. The SMILES string of the molecule is CC(C)c1ccccc1[C@@H]1CN(Cc2ccc(F)c(F)c2)[C@@H](C)CN1C1CC2(CCN(c3ccc(C(=O)NS(=O)(=O)c4cnc(NCC5CCC(C)(O)CC5)c([N+](=O)[O-])c4)c(Oc4cnc5[nH]cc(F)c5c4)c3)CC2)C1. The van der Waals surface area contributed by atoms with Gasteiger partial charge in [-0.2, -0.15) is 0 Å². The molecule has 0 bridgehead atoms. The summed E-state index contributed by atoms with van der Waals surface area (Å²) in [6.07, 6.45) is 9.91. The summed E-state index contributed by atoms with van der Waals surface area (Å²) in [5.74, 6) is -2.95. The van der Waals surface area contributed by atoms with Crippen molar-refractivity contribution in [1.29, 1.82) is 0 Å². The number of nitro groups is 1. The maximum atomic E-state index is 14.7. The normalized spacial score (nSPS) is 22.4. The third-order valence-electron chi connectivity index (χ3n) is 16.5. The smallest absolute Gasteiger partial charge is 0.312 e. The molecule has 3 aromatic carbocycles. The zero-order chi connectivity index (χ0) is 53.7. The number of aliphatic hydroxyl groups is 1. The molecule has 6 aromatic rings. The first-order chi connectivity index (χ1) is 36.2. The van der Waals surface area contributed by atoms with Gasteiger partial charge in [0.25, 0.3) is 15.9 Å². The number of carbonyl (C=O) groups is 1. The van der Waals surface area contributed by atoms with Crippen molar-refractivity contribution >= 4 is 44.2 Å². The van der Waals surface area contributed by atoms with Crippen molar-refractivity contribution in [3.05, 3.63) is 141 Å². The van der Waals surface area contributed by atoms with E-state index in [4.69, 9.17) is 4.74 Å². The highest BCUT2D eigenvalue weighted by molar-refractivity contribution is 7.90. The van der Waals surface area contributed by atoms with Crippen molar-refractivity contribution in [2.24, 2.45) is 11.3 Å². The third kappa shape index (κ3) is 11.1. The standard InChI is InChI=1S/C56H64F3N9O7S/c1-34(2)42-7-5-6-8-43(42)50-33-66(32-37-9-12-46(57)47(58)21-37)35(3)31-67(50)39-25-56(26-39)17-19-65(20-18-56)38-10-11-44(51(22-38)75-40-23-45-48(59)30-63-52(45)61-28-40)54(69)64-76(73,74)41-24-49(68(71)72)53(62-29-41)60-27-36-13-15-55(4,70)16-14-36/h5-12,21-24,28-30,34-36,39,50,70H,13-20,25-27,31-33H2,1-4H3,(H,60,62)(H,61,63)(H,64,69)/t35-,36?,50-,55?/m0/s1. The Morgan fingerprint density at radius 1 is 0.947 bits per heavy atom. The van der Waals surface area contributed by atoms with Crippen LogP contribution >= 0.6 is 0 Å². The number of H-pyrrole nitrogens is 1. The molecule has 76 heavy (non-hydrogen) atoms. The van der Waals surface area contributed by atoms with Crippen LogP contribution in [0.2, 0.25) is 0 Å². The van der Waals surface area contributed by atoms with E-state index in [1.54, 1.807) is 25.1 Å². The number of anilines is 2. The Labute approximate surface area is 440 Å². The van der Waals surface area contributed by atoms with Crippen LogP contribution in [0.1, 0.15) is 118 Å². The van der Waals surface area contributed by atoms with Gasteiger partial charge < -0.3 is 25.0 Å². The lowest BCUT2D eigenvalue weighted by Crippen LogP contribution is -2.61. The largest absolute Gasteiger partial charge is 0.455 e. The van der Waals surface area contributed by atoms with Crippen LogP contribution in [0.15, 0.2) is 96.3 Å². The molecule has 1 amide bonds. The molecule has 2 saturated heterocycles. The zero-order valence-corrected chi connectivity index (χ0v) is 43.9. The number of piperidine rings is 1. The lowest BCUT2D eigenvalue weighted by Gasteiger charge is -2.59. The number of nitrogens with zero attached hydrogens (tertiary/aromatic N) is 6. The van der Waals surface area contributed by atoms with Crippen LogP contribution < -0.4 is 19.7 Å². The Morgan fingerprint density at radius 2 is 1.70 bits per heavy atom. The minimum absolute atomic E-state index is 0.0234. The first-order valence-corrected chi connectivity index (χ1v) is 27.6. The number of sulfonamides is 1. The molecule has 0 radical (unpaired) electrons. The van der Waals surface area contributed by atoms with E-state index in [0.717, 1.165) is 68.5 Å². The van der Waals surface area contributed by atoms with Crippen molar-refractivity contribution in [2.45, 2.75) is 120 Å². The van der Waals surface area contributed by atoms with E-state index in [-0.39, 0.29) is 57.3 Å². The van der Waals surface area contributed by atoms with E-state index in [1.165, 1.54) is 41.6 Å². The number of fused-ring (bicyclic) bond motifs is 1. The molecule has 16 nitrogen and oxygen atoms in total. The lowest BCUT2D eigenvalue weighted by atomic mass is 9.59. The van der Waals surface area contributed by atoms with Crippen molar-refractivity contribution in [3.63, 3.8) is 0 Å². The molecule has 20 heteroatoms. The summed E-state index contributed by atoms with van der Waals surface area (Å²) in [5, 5.41) is 25.6. The number of nitrogens with one attached hydrogen (secondary N) is 3. The zero-order valence-electron chi connectivity index (χ0n) is 43.1. The average molecular weight is 1060 g/mol. The van der Waals surface area contributed by atoms with Crippen LogP contribution in [0.4, 0.5) is 30.4 Å². The van der Waals surface area contributed by atoms with Crippen LogP contribution in [-0.4, -0.2) is 99.5 Å². The predicted molar refractivity (Wildman–Crippen MR) is 282 cm³/mol. The average Bonchev–Trinajstić information content (AvgIpc) is 3.76. The number of aromatic amines is 1. The maximum absolute atomic E-state index is 14.7. The summed E-state index contributed by atoms with van der Waals surface area (Å²) in [4.78, 5) is 43.3. The fraction of sp³-hybridized carbons (Fsp3) is 0.446. The van der Waals surface area contributed by atoms with Gasteiger partial charge in [0.05, 0.1) is 33.9 Å². The van der Waals surface area contributed by atoms with Crippen LogP contribution in [-0.2, 0) is 16.6 Å². The van der Waals surface area contributed by atoms with Gasteiger partial charge in [0, 0.05) is 81.4 Å². The van der Waals surface area contributed by atoms with Gasteiger partial charge in [0.2, 0.25) is 5.82 Å². The molecule has 2 saturated carbocycles. The molecule has 10 rings (SSSR count). The lowest BCUT2D eigenvalue weighted by molar-refractivity contribution is -0.384. The van der Waals surface area contributed by atoms with Gasteiger partial charge >= 0.3 is 5.69 Å². The molecular weight excluding hydrogens is 1000 g/mol. The topological polar surface area (TPSA) is 199 Å². The molecule has 402 valence electrons. The number of carbonyl (C=O) groups excluding carboxylic acids is 1. The fourth-order valence-corrected chi connectivity index (χ4v) is 12.9. The van der Waals surface area contributed by atoms with Gasteiger partial charge in [-0.1, -0.05) is 44.2 Å². The summed E-state index contributed by atoms with van der Waals surface area (Å²) in [5.41, 5.74) is 2.94. The number of pyridine rings is 2. The third-order valence-corrected chi connectivity index (χ3v) is 17.8. The second-order valence-electron chi connectivity index (χ2n) is 22.1. The summed E-state index contributed by atoms with van der Waals surface area (Å²) in [6.45, 7) is 12.2. The Morgan fingerprint density at radius 3 is 2.42 bits per heavy atom. The van der Waals surface area contributed by atoms with Crippen molar-refractivity contribution in [2.75, 3.05) is 42.9 Å². The first kappa shape index (κ1) is 52.8. The fourth-order valence-electron chi connectivity index (χ4n) is 11.9. The van der Waals surface area contributed by atoms with E-state index < -0.39 is 54.5 Å². The molecule has 1 spiro atoms. The van der Waals surface area contributed by atoms with Crippen LogP contribution in [0.5, 0.6) is 11.5 Å². The predicted octanol–water partition coefficient (Wildman–Crippen LogP) is 10.4. The van der Waals surface area contributed by atoms with Crippen molar-refractivity contribution in [1.82, 2.24) is 29.5 Å². The Balaban J connectivity index is 0.847. The van der Waals surface area contributed by atoms with E-state index in [9.17, 15) is 41.6 Å². The van der Waals surface area contributed by atoms with E-state index in [2.05, 4.69) is 80.0 Å². The summed E-state index contributed by atoms with van der Waals surface area (Å²) in [7, 11) is -4.73. The number of piperazine rings is 1. The number of halogens is 3.